The van der Waals surface area contributed by atoms with Gasteiger partial charge >= 0.3 is 0 Å². The van der Waals surface area contributed by atoms with Gasteiger partial charge in [0.15, 0.2) is 0 Å². The van der Waals surface area contributed by atoms with Gasteiger partial charge in [0.2, 0.25) is 0 Å². The molecule has 2 N–H and O–H groups in total. The average molecular weight is 332 g/mol. The third-order valence-corrected chi connectivity index (χ3v) is 4.33. The second-order valence-corrected chi connectivity index (χ2v) is 7.74. The van der Waals surface area contributed by atoms with Crippen LogP contribution >= 0.6 is 0 Å². The monoisotopic (exact) mass is 332 g/mol. The number of hydrogen-bond donors (Lipinski definition) is 2. The number of carbonyl (C=O) groups is 2. The van der Waals surface area contributed by atoms with Gasteiger partial charge in [-0.2, -0.15) is 0 Å². The van der Waals surface area contributed by atoms with Crippen molar-refractivity contribution in [3.63, 3.8) is 0 Å². The molecule has 5 nitrogen and oxygen atoms in total. The molecular weight excluding hydrogens is 304 g/mol. The number of nitrogens with zero attached hydrogens (tertiary/aromatic N) is 1. The summed E-state index contributed by atoms with van der Waals surface area (Å²) in [4.78, 5) is 26.4. The first kappa shape index (κ1) is 18.5. The maximum Gasteiger partial charge on any atom is 0.253 e. The average Bonchev–Trinajstić information content (AvgIpc) is 2.58. The number of likely N-dealkylation sites (tertiary alicyclic amines) is 1. The molecule has 0 saturated carbocycles. The van der Waals surface area contributed by atoms with E-state index in [1.54, 1.807) is 24.3 Å². The summed E-state index contributed by atoms with van der Waals surface area (Å²) in [6.45, 7) is 8.35. The Morgan fingerprint density at radius 3 is 2.17 bits per heavy atom. The van der Waals surface area contributed by atoms with Gasteiger partial charge in [0, 0.05) is 37.4 Å². The number of nitrogens with one attached hydrogen (secondary N) is 1. The minimum atomic E-state index is -0.118. The van der Waals surface area contributed by atoms with Gasteiger partial charge in [-0.25, -0.2) is 0 Å². The van der Waals surface area contributed by atoms with E-state index in [-0.39, 0.29) is 23.8 Å². The number of piperidine rings is 1. The Bertz CT molecular complexity index is 567. The Hall–Kier alpha value is -1.88. The van der Waals surface area contributed by atoms with Crippen molar-refractivity contribution >= 4 is 11.8 Å². The summed E-state index contributed by atoms with van der Waals surface area (Å²) in [5.74, 6) is 0.184. The minimum absolute atomic E-state index is 0.00644. The highest BCUT2D eigenvalue weighted by Crippen LogP contribution is 2.19. The minimum Gasteiger partial charge on any atom is -0.396 e. The Morgan fingerprint density at radius 1 is 1.12 bits per heavy atom. The van der Waals surface area contributed by atoms with E-state index >= 15 is 0 Å². The van der Waals surface area contributed by atoms with E-state index in [4.69, 9.17) is 5.11 Å². The van der Waals surface area contributed by atoms with E-state index in [1.165, 1.54) is 0 Å². The van der Waals surface area contributed by atoms with E-state index in [2.05, 4.69) is 26.1 Å². The van der Waals surface area contributed by atoms with E-state index in [0.717, 1.165) is 12.8 Å². The normalized spacial score (nSPS) is 16.1. The molecule has 1 aliphatic rings. The van der Waals surface area contributed by atoms with Crippen molar-refractivity contribution in [2.24, 2.45) is 11.3 Å². The molecule has 0 aliphatic carbocycles. The first-order chi connectivity index (χ1) is 11.3. The summed E-state index contributed by atoms with van der Waals surface area (Å²) >= 11 is 0. The maximum atomic E-state index is 12.5. The number of hydrogen-bond acceptors (Lipinski definition) is 3. The first-order valence-corrected chi connectivity index (χ1v) is 8.58. The number of benzene rings is 1. The molecule has 132 valence electrons. The largest absolute Gasteiger partial charge is 0.396 e. The summed E-state index contributed by atoms with van der Waals surface area (Å²) in [5, 5.41) is 12.1. The molecule has 2 amide bonds. The molecule has 0 aromatic heterocycles. The summed E-state index contributed by atoms with van der Waals surface area (Å²) < 4.78 is 0. The van der Waals surface area contributed by atoms with Crippen LogP contribution in [-0.4, -0.2) is 48.1 Å². The molecule has 0 unspecified atom stereocenters. The van der Waals surface area contributed by atoms with E-state index in [1.807, 2.05) is 4.90 Å². The molecule has 1 aliphatic heterocycles. The van der Waals surface area contributed by atoms with Crippen molar-refractivity contribution in [1.29, 1.82) is 0 Å². The summed E-state index contributed by atoms with van der Waals surface area (Å²) in [5.41, 5.74) is 1.20. The van der Waals surface area contributed by atoms with Gasteiger partial charge < -0.3 is 15.3 Å². The highest BCUT2D eigenvalue weighted by Gasteiger charge is 2.23. The van der Waals surface area contributed by atoms with Gasteiger partial charge in [-0.05, 0) is 48.4 Å². The zero-order valence-corrected chi connectivity index (χ0v) is 14.8. The number of amides is 2. The van der Waals surface area contributed by atoms with Crippen molar-refractivity contribution < 1.29 is 14.7 Å². The van der Waals surface area contributed by atoms with Crippen LogP contribution in [0, 0.1) is 11.3 Å². The first-order valence-electron chi connectivity index (χ1n) is 8.58. The molecular formula is C19H28N2O3. The quantitative estimate of drug-likeness (QED) is 0.889. The summed E-state index contributed by atoms with van der Waals surface area (Å²) in [6.07, 6.45) is 1.69. The van der Waals surface area contributed by atoms with Crippen LogP contribution in [0.15, 0.2) is 24.3 Å². The van der Waals surface area contributed by atoms with Crippen molar-refractivity contribution in [3.05, 3.63) is 35.4 Å². The lowest BCUT2D eigenvalue weighted by Crippen LogP contribution is -2.39. The van der Waals surface area contributed by atoms with Crippen LogP contribution in [-0.2, 0) is 0 Å². The van der Waals surface area contributed by atoms with Crippen LogP contribution in [0.25, 0.3) is 0 Å². The molecule has 0 bridgehead atoms. The predicted octanol–water partition coefficient (Wildman–Crippen LogP) is 2.31. The Kier molecular flexibility index (Phi) is 5.99. The SMILES string of the molecule is CC(C)(C)CNC(=O)c1ccc(C(=O)N2CCC(CO)CC2)cc1. The number of carbonyl (C=O) groups excluding carboxylic acids is 2. The molecule has 0 spiro atoms. The lowest BCUT2D eigenvalue weighted by molar-refractivity contribution is 0.0650. The second-order valence-electron chi connectivity index (χ2n) is 7.74. The van der Waals surface area contributed by atoms with Crippen molar-refractivity contribution in [3.8, 4) is 0 Å². The Labute approximate surface area is 144 Å². The Morgan fingerprint density at radius 2 is 1.67 bits per heavy atom. The number of aliphatic hydroxyl groups is 1. The van der Waals surface area contributed by atoms with Gasteiger partial charge in [0.05, 0.1) is 0 Å². The van der Waals surface area contributed by atoms with Gasteiger partial charge in [-0.3, -0.25) is 9.59 Å². The molecule has 2 rings (SSSR count). The van der Waals surface area contributed by atoms with Crippen LogP contribution in [0.4, 0.5) is 0 Å². The summed E-state index contributed by atoms with van der Waals surface area (Å²) in [6, 6.07) is 6.83. The topological polar surface area (TPSA) is 69.6 Å². The lowest BCUT2D eigenvalue weighted by Gasteiger charge is -2.31. The molecule has 1 heterocycles. The van der Waals surface area contributed by atoms with Crippen LogP contribution in [0.5, 0.6) is 0 Å². The molecule has 1 fully saturated rings. The molecule has 5 heteroatoms. The van der Waals surface area contributed by atoms with Crippen LogP contribution in [0.3, 0.4) is 0 Å². The highest BCUT2D eigenvalue weighted by atomic mass is 16.3. The van der Waals surface area contributed by atoms with Crippen molar-refractivity contribution in [2.45, 2.75) is 33.6 Å². The highest BCUT2D eigenvalue weighted by molar-refractivity contribution is 5.97. The third-order valence-electron chi connectivity index (χ3n) is 4.33. The lowest BCUT2D eigenvalue weighted by atomic mass is 9.96. The zero-order chi connectivity index (χ0) is 17.7. The fourth-order valence-electron chi connectivity index (χ4n) is 2.71. The third kappa shape index (κ3) is 5.06. The van der Waals surface area contributed by atoms with Crippen LogP contribution < -0.4 is 5.32 Å². The molecule has 0 radical (unpaired) electrons. The smallest absolute Gasteiger partial charge is 0.253 e. The molecule has 1 aromatic carbocycles. The predicted molar refractivity (Wildman–Crippen MR) is 93.9 cm³/mol. The van der Waals surface area contributed by atoms with Crippen LogP contribution in [0.1, 0.15) is 54.3 Å². The van der Waals surface area contributed by atoms with E-state index < -0.39 is 0 Å². The van der Waals surface area contributed by atoms with Gasteiger partial charge in [0.1, 0.15) is 0 Å². The molecule has 24 heavy (non-hydrogen) atoms. The van der Waals surface area contributed by atoms with Crippen molar-refractivity contribution in [1.82, 2.24) is 10.2 Å². The van der Waals surface area contributed by atoms with Crippen LogP contribution in [0.2, 0.25) is 0 Å². The molecule has 1 aromatic rings. The fourth-order valence-corrected chi connectivity index (χ4v) is 2.71. The van der Waals surface area contributed by atoms with Gasteiger partial charge in [-0.15, -0.1) is 0 Å². The van der Waals surface area contributed by atoms with Crippen molar-refractivity contribution in [2.75, 3.05) is 26.2 Å². The second kappa shape index (κ2) is 7.79. The van der Waals surface area contributed by atoms with Gasteiger partial charge in [0.25, 0.3) is 11.8 Å². The van der Waals surface area contributed by atoms with Gasteiger partial charge in [-0.1, -0.05) is 20.8 Å². The number of rotatable bonds is 4. The molecule has 1 saturated heterocycles. The maximum absolute atomic E-state index is 12.5. The van der Waals surface area contributed by atoms with E-state index in [9.17, 15) is 9.59 Å². The Balaban J connectivity index is 1.94. The molecule has 0 atom stereocenters. The number of aliphatic hydroxyl groups excluding tert-OH is 1. The fraction of sp³-hybridized carbons (Fsp3) is 0.579. The van der Waals surface area contributed by atoms with E-state index in [0.29, 0.717) is 36.7 Å². The summed E-state index contributed by atoms with van der Waals surface area (Å²) in [7, 11) is 0. The zero-order valence-electron chi connectivity index (χ0n) is 14.8. The standard InChI is InChI=1S/C19H28N2O3/c1-19(2,3)13-20-17(23)15-4-6-16(7-5-15)18(24)21-10-8-14(12-22)9-11-21/h4-7,14,22H,8-13H2,1-3H3,(H,20,23).